The predicted molar refractivity (Wildman–Crippen MR) is 163 cm³/mol. The Morgan fingerprint density at radius 1 is 1.00 bits per heavy atom. The summed E-state index contributed by atoms with van der Waals surface area (Å²) in [5.74, 6) is -1.46. The van der Waals surface area contributed by atoms with Gasteiger partial charge in [0.15, 0.2) is 0 Å². The van der Waals surface area contributed by atoms with E-state index in [1.807, 2.05) is 60.2 Å². The lowest BCUT2D eigenvalue weighted by Gasteiger charge is -2.17. The minimum atomic E-state index is -0.979. The second kappa shape index (κ2) is 14.3. The Hall–Kier alpha value is -4.93. The summed E-state index contributed by atoms with van der Waals surface area (Å²) in [5, 5.41) is 3.17. The number of nitrogens with one attached hydrogen (secondary N) is 2. The lowest BCUT2D eigenvalue weighted by molar-refractivity contribution is -0.146. The summed E-state index contributed by atoms with van der Waals surface area (Å²) in [7, 11) is 0. The molecule has 4 aromatic rings. The quantitative estimate of drug-likeness (QED) is 0.200. The van der Waals surface area contributed by atoms with E-state index >= 15 is 0 Å². The van der Waals surface area contributed by atoms with E-state index in [9.17, 15) is 19.2 Å². The number of aryl methyl sites for hydroxylation is 2. The molecule has 0 saturated carbocycles. The minimum Gasteiger partial charge on any atom is -0.466 e. The Morgan fingerprint density at radius 3 is 2.37 bits per heavy atom. The van der Waals surface area contributed by atoms with Crippen LogP contribution in [-0.4, -0.2) is 51.6 Å². The zero-order valence-corrected chi connectivity index (χ0v) is 24.6. The fraction of sp³-hybridized carbons (Fsp3) is 0.344. The zero-order valence-electron chi connectivity index (χ0n) is 24.6. The summed E-state index contributed by atoms with van der Waals surface area (Å²) < 4.78 is 12.0. The molecule has 2 unspecified atom stereocenters. The highest BCUT2D eigenvalue weighted by molar-refractivity contribution is 5.97. The number of esters is 2. The monoisotopic (exact) mass is 587 g/mol. The second-order valence-corrected chi connectivity index (χ2v) is 10.1. The van der Waals surface area contributed by atoms with Gasteiger partial charge in [0.05, 0.1) is 24.6 Å². The number of aromatic nitrogens is 3. The Kier molecular flexibility index (Phi) is 10.3. The van der Waals surface area contributed by atoms with E-state index in [0.717, 1.165) is 16.7 Å². The van der Waals surface area contributed by atoms with Crippen LogP contribution in [0.4, 0.5) is 5.95 Å². The van der Waals surface area contributed by atoms with Crippen LogP contribution in [-0.2, 0) is 31.9 Å². The van der Waals surface area contributed by atoms with Gasteiger partial charge in [0.2, 0.25) is 5.95 Å². The lowest BCUT2D eigenvalue weighted by Crippen LogP contribution is -2.42. The van der Waals surface area contributed by atoms with E-state index in [1.165, 1.54) is 0 Å². The molecule has 1 amide bonds. The Morgan fingerprint density at radius 2 is 1.70 bits per heavy atom. The number of anilines is 1. The first-order valence-electron chi connectivity index (χ1n) is 14.4. The van der Waals surface area contributed by atoms with Crippen molar-refractivity contribution in [1.82, 2.24) is 19.9 Å². The molecule has 11 heteroatoms. The molecule has 0 saturated heterocycles. The summed E-state index contributed by atoms with van der Waals surface area (Å²) >= 11 is 0. The van der Waals surface area contributed by atoms with E-state index in [1.54, 1.807) is 26.0 Å². The highest BCUT2D eigenvalue weighted by Gasteiger charge is 2.24. The van der Waals surface area contributed by atoms with Gasteiger partial charge >= 0.3 is 11.9 Å². The molecule has 0 aliphatic carbocycles. The smallest absolute Gasteiger partial charge is 0.328 e. The van der Waals surface area contributed by atoms with Crippen LogP contribution in [0.15, 0.2) is 65.6 Å². The highest BCUT2D eigenvalue weighted by Crippen LogP contribution is 2.26. The summed E-state index contributed by atoms with van der Waals surface area (Å²) in [6, 6.07) is 15.9. The van der Waals surface area contributed by atoms with Crippen molar-refractivity contribution in [2.75, 3.05) is 18.9 Å². The van der Waals surface area contributed by atoms with Gasteiger partial charge in [0.25, 0.3) is 11.5 Å². The summed E-state index contributed by atoms with van der Waals surface area (Å²) in [6.07, 6.45) is 3.16. The molecule has 0 fully saturated rings. The van der Waals surface area contributed by atoms with Gasteiger partial charge in [-0.2, -0.15) is 4.98 Å². The number of fused-ring (bicyclic) bond motifs is 1. The van der Waals surface area contributed by atoms with Crippen LogP contribution in [0.5, 0.6) is 0 Å². The number of hydrogen-bond donors (Lipinski definition) is 3. The number of aromatic amines is 1. The van der Waals surface area contributed by atoms with E-state index in [2.05, 4.69) is 15.3 Å². The summed E-state index contributed by atoms with van der Waals surface area (Å²) in [6.45, 7) is 5.80. The van der Waals surface area contributed by atoms with Gasteiger partial charge in [-0.15, -0.1) is 0 Å². The number of H-pyrrole nitrogens is 1. The highest BCUT2D eigenvalue weighted by atomic mass is 16.5. The minimum absolute atomic E-state index is 0.0258. The molecule has 43 heavy (non-hydrogen) atoms. The molecule has 0 aliphatic heterocycles. The Labute approximate surface area is 249 Å². The number of nitrogens with zero attached hydrogens (tertiary/aromatic N) is 2. The number of amides is 1. The van der Waals surface area contributed by atoms with Crippen molar-refractivity contribution >= 4 is 34.8 Å². The fourth-order valence-corrected chi connectivity index (χ4v) is 4.96. The zero-order chi connectivity index (χ0) is 30.9. The van der Waals surface area contributed by atoms with Gasteiger partial charge < -0.3 is 25.1 Å². The number of ether oxygens (including phenoxy) is 2. The lowest BCUT2D eigenvalue weighted by atomic mass is 10.0. The van der Waals surface area contributed by atoms with Crippen molar-refractivity contribution in [3.05, 3.63) is 93.4 Å². The Bertz CT molecular complexity index is 1630. The molecule has 0 spiro atoms. The number of nitrogens with two attached hydrogens (primary N) is 1. The van der Waals surface area contributed by atoms with E-state index < -0.39 is 23.9 Å². The molecule has 4 rings (SSSR count). The van der Waals surface area contributed by atoms with E-state index in [-0.39, 0.29) is 43.6 Å². The number of nitrogen functional groups attached to an aromatic ring is 1. The number of benzene rings is 2. The van der Waals surface area contributed by atoms with Gasteiger partial charge in [-0.25, -0.2) is 4.79 Å². The molecule has 2 heterocycles. The third-order valence-corrected chi connectivity index (χ3v) is 7.20. The van der Waals surface area contributed by atoms with Crippen LogP contribution >= 0.6 is 0 Å². The molecular formula is C32H37N5O6. The van der Waals surface area contributed by atoms with Crippen molar-refractivity contribution in [1.29, 1.82) is 0 Å². The molecule has 0 radical (unpaired) electrons. The average molecular weight is 588 g/mol. The van der Waals surface area contributed by atoms with Crippen LogP contribution < -0.4 is 16.6 Å². The van der Waals surface area contributed by atoms with Crippen LogP contribution in [0.1, 0.15) is 66.7 Å². The van der Waals surface area contributed by atoms with Crippen molar-refractivity contribution in [2.45, 2.75) is 58.5 Å². The third-order valence-electron chi connectivity index (χ3n) is 7.20. The molecule has 11 nitrogen and oxygen atoms in total. The second-order valence-electron chi connectivity index (χ2n) is 10.1. The normalized spacial score (nSPS) is 12.4. The van der Waals surface area contributed by atoms with Gasteiger partial charge in [0.1, 0.15) is 11.7 Å². The Balaban J connectivity index is 1.47. The maximum absolute atomic E-state index is 12.9. The van der Waals surface area contributed by atoms with Gasteiger partial charge in [-0.1, -0.05) is 42.5 Å². The molecule has 2 aromatic heterocycles. The van der Waals surface area contributed by atoms with Crippen molar-refractivity contribution in [3.63, 3.8) is 0 Å². The number of carbonyl (C=O) groups excluding carboxylic acids is 3. The first kappa shape index (κ1) is 31.0. The van der Waals surface area contributed by atoms with Gasteiger partial charge in [0, 0.05) is 18.2 Å². The van der Waals surface area contributed by atoms with Crippen molar-refractivity contribution in [3.8, 4) is 0 Å². The number of carbonyl (C=O) groups is 3. The molecule has 0 bridgehead atoms. The average Bonchev–Trinajstić information content (AvgIpc) is 3.37. The van der Waals surface area contributed by atoms with E-state index in [0.29, 0.717) is 29.4 Å². The largest absolute Gasteiger partial charge is 0.466 e. The maximum Gasteiger partial charge on any atom is 0.328 e. The number of hydrogen-bond acceptors (Lipinski definition) is 8. The van der Waals surface area contributed by atoms with Crippen LogP contribution in [0.25, 0.3) is 11.0 Å². The first-order chi connectivity index (χ1) is 20.7. The van der Waals surface area contributed by atoms with Gasteiger partial charge in [-0.05, 0) is 68.9 Å². The summed E-state index contributed by atoms with van der Waals surface area (Å²) in [5.41, 5.74) is 9.36. The fourth-order valence-electron chi connectivity index (χ4n) is 4.96. The molecule has 0 aliphatic rings. The van der Waals surface area contributed by atoms with E-state index in [4.69, 9.17) is 15.2 Å². The number of rotatable bonds is 13. The molecule has 2 aromatic carbocycles. The standard InChI is InChI=1S/C32H37N5O6/c1-4-42-26(38)18-17-25(31(41)43-5-2)34-29(39)23-14-11-21(12-15-23)13-16-24-19-37(20(3)22-9-7-6-8-10-22)28-27(24)30(40)36-32(33)35-28/h6-12,14-15,19-20,25H,4-5,13,16-18H2,1-3H3,(H,34,39)(H3,33,35,36,40). The molecule has 4 N–H and O–H groups in total. The molecule has 2 atom stereocenters. The molecular weight excluding hydrogens is 550 g/mol. The maximum atomic E-state index is 12.9. The van der Waals surface area contributed by atoms with Crippen LogP contribution in [0, 0.1) is 0 Å². The topological polar surface area (TPSA) is 158 Å². The third kappa shape index (κ3) is 7.68. The van der Waals surface area contributed by atoms with Gasteiger partial charge in [-0.3, -0.25) is 19.4 Å². The molecule has 226 valence electrons. The first-order valence-corrected chi connectivity index (χ1v) is 14.4. The van der Waals surface area contributed by atoms with Crippen molar-refractivity contribution in [2.24, 2.45) is 0 Å². The summed E-state index contributed by atoms with van der Waals surface area (Å²) in [4.78, 5) is 57.1. The predicted octanol–water partition coefficient (Wildman–Crippen LogP) is 3.71. The van der Waals surface area contributed by atoms with Crippen molar-refractivity contribution < 1.29 is 23.9 Å². The van der Waals surface area contributed by atoms with Crippen LogP contribution in [0.3, 0.4) is 0 Å². The SMILES string of the molecule is CCOC(=O)CCC(NC(=O)c1ccc(CCc2cn(C(C)c3ccccc3)c3nc(N)[nH]c(=O)c23)cc1)C(=O)OCC. The van der Waals surface area contributed by atoms with Crippen LogP contribution in [0.2, 0.25) is 0 Å².